The summed E-state index contributed by atoms with van der Waals surface area (Å²) in [5.41, 5.74) is 0.922. The van der Waals surface area contributed by atoms with Crippen LogP contribution in [-0.2, 0) is 58.8 Å². The van der Waals surface area contributed by atoms with Crippen molar-refractivity contribution in [2.24, 2.45) is 0 Å². The van der Waals surface area contributed by atoms with Gasteiger partial charge in [0.15, 0.2) is 5.60 Å². The third-order valence-electron chi connectivity index (χ3n) is 11.6. The van der Waals surface area contributed by atoms with Gasteiger partial charge in [-0.2, -0.15) is 0 Å². The summed E-state index contributed by atoms with van der Waals surface area (Å²) in [5, 5.41) is 22.6. The second-order valence-electron chi connectivity index (χ2n) is 15.9. The Morgan fingerprint density at radius 3 is 2.32 bits per heavy atom. The van der Waals surface area contributed by atoms with Crippen molar-refractivity contribution in [1.82, 2.24) is 30.4 Å². The molecular weight excluding hydrogens is 818 g/mol. The van der Waals surface area contributed by atoms with Gasteiger partial charge in [0.2, 0.25) is 17.7 Å². The van der Waals surface area contributed by atoms with Crippen LogP contribution >= 0.6 is 0 Å². The normalized spacial score (nSPS) is 17.1. The first-order valence-electron chi connectivity index (χ1n) is 20.6. The highest BCUT2D eigenvalue weighted by Crippen LogP contribution is 2.40. The summed E-state index contributed by atoms with van der Waals surface area (Å²) in [4.78, 5) is 107. The van der Waals surface area contributed by atoms with Crippen molar-refractivity contribution in [3.05, 3.63) is 104 Å². The zero-order chi connectivity index (χ0) is 45.3. The quantitative estimate of drug-likeness (QED) is 0.0583. The fourth-order valence-electron chi connectivity index (χ4n) is 7.89. The summed E-state index contributed by atoms with van der Waals surface area (Å²) in [7, 11) is 0. The Morgan fingerprint density at radius 2 is 1.62 bits per heavy atom. The summed E-state index contributed by atoms with van der Waals surface area (Å²) < 4.78 is 21.5. The number of pyridine rings is 2. The zero-order valence-corrected chi connectivity index (χ0v) is 35.1. The van der Waals surface area contributed by atoms with E-state index in [1.165, 1.54) is 60.9 Å². The molecule has 0 saturated heterocycles. The van der Waals surface area contributed by atoms with Gasteiger partial charge in [0, 0.05) is 65.5 Å². The lowest BCUT2D eigenvalue weighted by Crippen LogP contribution is -2.50. The summed E-state index contributed by atoms with van der Waals surface area (Å²) in [5.74, 6) is -4.02. The van der Waals surface area contributed by atoms with Crippen LogP contribution in [0.5, 0.6) is 0 Å². The van der Waals surface area contributed by atoms with Crippen LogP contribution in [0.4, 0.5) is 10.1 Å². The number of nitrogens with one attached hydrogen (secondary N) is 4. The highest BCUT2D eigenvalue weighted by molar-refractivity contribution is 6.12. The molecule has 6 amide bonds. The first kappa shape index (κ1) is 44.0. The molecular formula is C45H46FN7O10. The molecule has 2 aromatic carbocycles. The Balaban J connectivity index is 0.954. The van der Waals surface area contributed by atoms with E-state index < -0.39 is 52.8 Å². The van der Waals surface area contributed by atoms with Crippen LogP contribution in [0, 0.1) is 12.7 Å². The molecule has 4 aromatic rings. The number of aromatic nitrogens is 2. The molecule has 7 rings (SSSR count). The number of rotatable bonds is 15. The highest BCUT2D eigenvalue weighted by Gasteiger charge is 2.45. The van der Waals surface area contributed by atoms with Gasteiger partial charge >= 0.3 is 5.97 Å². The zero-order valence-electron chi connectivity index (χ0n) is 35.1. The van der Waals surface area contributed by atoms with E-state index in [4.69, 9.17) is 9.72 Å². The number of esters is 1. The van der Waals surface area contributed by atoms with Gasteiger partial charge in [-0.25, -0.2) is 14.2 Å². The Morgan fingerprint density at radius 1 is 0.921 bits per heavy atom. The number of amides is 6. The Labute approximate surface area is 360 Å². The van der Waals surface area contributed by atoms with Crippen molar-refractivity contribution in [3.63, 3.8) is 0 Å². The molecule has 5 N–H and O–H groups in total. The highest BCUT2D eigenvalue weighted by atomic mass is 19.1. The first-order chi connectivity index (χ1) is 30.0. The van der Waals surface area contributed by atoms with Gasteiger partial charge in [0.25, 0.3) is 23.3 Å². The van der Waals surface area contributed by atoms with Gasteiger partial charge < -0.3 is 35.7 Å². The second kappa shape index (κ2) is 17.7. The molecule has 328 valence electrons. The number of fused-ring (bicyclic) bond motifs is 5. The minimum Gasteiger partial charge on any atom is -0.458 e. The molecule has 0 bridgehead atoms. The van der Waals surface area contributed by atoms with E-state index in [1.54, 1.807) is 26.0 Å². The lowest BCUT2D eigenvalue weighted by atomic mass is 9.86. The van der Waals surface area contributed by atoms with Crippen LogP contribution < -0.4 is 26.8 Å². The molecule has 0 aliphatic carbocycles. The van der Waals surface area contributed by atoms with E-state index in [0.717, 1.165) is 4.90 Å². The molecule has 2 aromatic heterocycles. The van der Waals surface area contributed by atoms with Crippen LogP contribution in [0.25, 0.3) is 22.3 Å². The van der Waals surface area contributed by atoms with Crippen LogP contribution in [0.2, 0.25) is 0 Å². The van der Waals surface area contributed by atoms with E-state index in [0.29, 0.717) is 58.4 Å². The average Bonchev–Trinajstić information content (AvgIpc) is 3.79. The average molecular weight is 864 g/mol. The number of halogens is 1. The third kappa shape index (κ3) is 8.71. The maximum Gasteiger partial charge on any atom is 0.343 e. The van der Waals surface area contributed by atoms with Gasteiger partial charge in [-0.3, -0.25) is 38.5 Å². The van der Waals surface area contributed by atoms with E-state index in [-0.39, 0.29) is 79.0 Å². The minimum atomic E-state index is -2.03. The summed E-state index contributed by atoms with van der Waals surface area (Å²) in [6.45, 7) is 6.18. The molecule has 0 unspecified atom stereocenters. The summed E-state index contributed by atoms with van der Waals surface area (Å²) >= 11 is 0. The fraction of sp³-hybridized carbons (Fsp3) is 0.356. The SMILES string of the molecule is CC[C@@]1(O)C(=O)OCc2c1cc1n(c2=O)Cc2c-1nc1cc(F)c(C)cc1c2CNC(=O)c1ccc(NC(=O)[C@H](C)NC(=O)[C@H](C)NC(=O)CCCCCN2C(=O)C=CC2=O)cc1. The van der Waals surface area contributed by atoms with Crippen LogP contribution in [0.15, 0.2) is 59.4 Å². The molecule has 0 fully saturated rings. The van der Waals surface area contributed by atoms with E-state index in [1.807, 2.05) is 0 Å². The number of nitrogens with zero attached hydrogens (tertiary/aromatic N) is 3. The molecule has 63 heavy (non-hydrogen) atoms. The molecule has 17 nitrogen and oxygen atoms in total. The molecule has 18 heteroatoms. The van der Waals surface area contributed by atoms with Crippen molar-refractivity contribution in [1.29, 1.82) is 0 Å². The number of cyclic esters (lactones) is 1. The monoisotopic (exact) mass is 863 g/mol. The number of hydrogen-bond donors (Lipinski definition) is 5. The van der Waals surface area contributed by atoms with Gasteiger partial charge in [0.1, 0.15) is 24.5 Å². The smallest absolute Gasteiger partial charge is 0.343 e. The molecule has 0 saturated carbocycles. The molecule has 5 heterocycles. The van der Waals surface area contributed by atoms with Crippen molar-refractivity contribution < 1.29 is 47.8 Å². The van der Waals surface area contributed by atoms with Crippen molar-refractivity contribution in [2.75, 3.05) is 11.9 Å². The fourth-order valence-corrected chi connectivity index (χ4v) is 7.89. The number of aliphatic hydroxyl groups is 1. The number of carbonyl (C=O) groups excluding carboxylic acids is 7. The van der Waals surface area contributed by atoms with Gasteiger partial charge in [-0.1, -0.05) is 13.3 Å². The molecule has 3 aliphatic heterocycles. The number of carbonyl (C=O) groups is 7. The lowest BCUT2D eigenvalue weighted by Gasteiger charge is -2.31. The molecule has 3 atom stereocenters. The standard InChI is InChI=1S/C45H46FN7O10/c1-5-45(62)32-18-35-39-30(21-53(35)43(60)31(32)22-63-44(45)61)29(28-17-23(2)33(46)19-34(28)51-39)20-47-42(59)26-10-12-27(13-11-26)50-41(58)25(4)49-40(57)24(3)48-36(54)9-7-6-8-16-52-37(55)14-15-38(52)56/h10-15,17-19,24-25,62H,5-9,16,20-22H2,1-4H3,(H,47,59)(H,48,54)(H,49,57)(H,50,58)/t24-,25-,45-/m0/s1. The number of anilines is 1. The van der Waals surface area contributed by atoms with Crippen molar-refractivity contribution in [3.8, 4) is 11.4 Å². The maximum atomic E-state index is 14.9. The Kier molecular flexibility index (Phi) is 12.4. The predicted octanol–water partition coefficient (Wildman–Crippen LogP) is 2.89. The topological polar surface area (TPSA) is 235 Å². The molecule has 3 aliphatic rings. The molecule has 0 spiro atoms. The van der Waals surface area contributed by atoms with Gasteiger partial charge in [0.05, 0.1) is 29.0 Å². The second-order valence-corrected chi connectivity index (χ2v) is 15.9. The predicted molar refractivity (Wildman–Crippen MR) is 225 cm³/mol. The van der Waals surface area contributed by atoms with E-state index in [2.05, 4.69) is 21.3 Å². The number of benzene rings is 2. The lowest BCUT2D eigenvalue weighted by molar-refractivity contribution is -0.172. The van der Waals surface area contributed by atoms with E-state index in [9.17, 15) is 47.9 Å². The largest absolute Gasteiger partial charge is 0.458 e. The van der Waals surface area contributed by atoms with Crippen molar-refractivity contribution >= 4 is 58.0 Å². The first-order valence-corrected chi connectivity index (χ1v) is 20.6. The number of ether oxygens (including phenoxy) is 1. The molecule has 0 radical (unpaired) electrons. The Bertz CT molecular complexity index is 2680. The summed E-state index contributed by atoms with van der Waals surface area (Å²) in [6, 6.07) is 8.60. The van der Waals surface area contributed by atoms with Crippen LogP contribution in [-0.4, -0.2) is 79.6 Å². The van der Waals surface area contributed by atoms with Gasteiger partial charge in [-0.05, 0) is 87.6 Å². The Hall–Kier alpha value is -7.08. The maximum absolute atomic E-state index is 14.9. The third-order valence-corrected chi connectivity index (χ3v) is 11.6. The van der Waals surface area contributed by atoms with Crippen molar-refractivity contribution in [2.45, 2.75) is 97.2 Å². The number of aryl methyl sites for hydroxylation is 1. The summed E-state index contributed by atoms with van der Waals surface area (Å²) in [6.07, 6.45) is 4.17. The minimum absolute atomic E-state index is 0.0338. The number of hydrogen-bond acceptors (Lipinski definition) is 11. The van der Waals surface area contributed by atoms with Gasteiger partial charge in [-0.15, -0.1) is 0 Å². The van der Waals surface area contributed by atoms with E-state index >= 15 is 0 Å². The number of imide groups is 1. The van der Waals surface area contributed by atoms with Crippen LogP contribution in [0.3, 0.4) is 0 Å². The van der Waals surface area contributed by atoms with Crippen LogP contribution in [0.1, 0.15) is 91.1 Å². The number of unbranched alkanes of at least 4 members (excludes halogenated alkanes) is 2.